The molecule has 0 atom stereocenters. The number of aromatic nitrogens is 8. The predicted molar refractivity (Wildman–Crippen MR) is 96.7 cm³/mol. The first-order valence-electron chi connectivity index (χ1n) is 7.99. The molecule has 11 heteroatoms. The van der Waals surface area contributed by atoms with Crippen molar-refractivity contribution in [3.8, 4) is 5.95 Å². The van der Waals surface area contributed by atoms with E-state index in [9.17, 15) is 0 Å². The van der Waals surface area contributed by atoms with Crippen molar-refractivity contribution in [2.75, 3.05) is 0 Å². The summed E-state index contributed by atoms with van der Waals surface area (Å²) in [5.41, 5.74) is 2.22. The molecule has 4 heterocycles. The normalized spacial score (nSPS) is 11.8. The van der Waals surface area contributed by atoms with Gasteiger partial charge in [-0.2, -0.15) is 24.5 Å². The van der Waals surface area contributed by atoms with Crippen LogP contribution in [0.25, 0.3) is 11.6 Å². The Morgan fingerprint density at radius 2 is 1.88 bits per heavy atom. The Bertz CT molecular complexity index is 1100. The lowest BCUT2D eigenvalue weighted by atomic mass is 10.4. The molecular weight excluding hydrogens is 352 g/mol. The molecule has 0 radical (unpaired) electrons. The maximum atomic E-state index is 4.50. The number of thiol groups is 1. The molecule has 0 fully saturated rings. The third-order valence-electron chi connectivity index (χ3n) is 3.83. The molecule has 0 N–H and O–H groups in total. The molecule has 4 aromatic heterocycles. The van der Waals surface area contributed by atoms with Crippen LogP contribution in [-0.4, -0.2) is 39.1 Å². The Morgan fingerprint density at radius 1 is 1.12 bits per heavy atom. The van der Waals surface area contributed by atoms with Gasteiger partial charge in [0.15, 0.2) is 17.2 Å². The molecule has 0 bridgehead atoms. The van der Waals surface area contributed by atoms with Gasteiger partial charge in [0.05, 0.1) is 16.8 Å². The van der Waals surface area contributed by atoms with Gasteiger partial charge in [-0.25, -0.2) is 14.6 Å². The van der Waals surface area contributed by atoms with E-state index in [4.69, 9.17) is 0 Å². The number of hydrogen-bond donors (Lipinski definition) is 1. The number of rotatable bonds is 4. The molecule has 4 aromatic rings. The van der Waals surface area contributed by atoms with Crippen LogP contribution in [0.1, 0.15) is 18.4 Å². The second kappa shape index (κ2) is 6.33. The van der Waals surface area contributed by atoms with Crippen molar-refractivity contribution in [1.82, 2.24) is 39.1 Å². The van der Waals surface area contributed by atoms with Crippen LogP contribution in [0.15, 0.2) is 39.8 Å². The minimum atomic E-state index is 0.396. The SMILES string of the molecule is CCn1nc(C)n2nc(C)c(N=Nc3c(S)cnn3-c3ncccn3)c12. The summed E-state index contributed by atoms with van der Waals surface area (Å²) >= 11 is 4.41. The van der Waals surface area contributed by atoms with E-state index in [0.29, 0.717) is 28.9 Å². The summed E-state index contributed by atoms with van der Waals surface area (Å²) in [6.45, 7) is 6.52. The van der Waals surface area contributed by atoms with Gasteiger partial charge < -0.3 is 0 Å². The Hall–Kier alpha value is -3.08. The molecule has 10 nitrogen and oxygen atoms in total. The lowest BCUT2D eigenvalue weighted by Crippen LogP contribution is -2.00. The highest BCUT2D eigenvalue weighted by Gasteiger charge is 2.18. The molecule has 26 heavy (non-hydrogen) atoms. The number of azo groups is 1. The summed E-state index contributed by atoms with van der Waals surface area (Å²) in [7, 11) is 0. The first kappa shape index (κ1) is 16.4. The molecule has 0 aliphatic heterocycles. The number of nitrogens with zero attached hydrogens (tertiary/aromatic N) is 10. The quantitative estimate of drug-likeness (QED) is 0.441. The van der Waals surface area contributed by atoms with E-state index >= 15 is 0 Å². The van der Waals surface area contributed by atoms with E-state index in [1.165, 1.54) is 4.68 Å². The Kier molecular flexibility index (Phi) is 3.99. The van der Waals surface area contributed by atoms with Gasteiger partial charge >= 0.3 is 0 Å². The maximum Gasteiger partial charge on any atom is 0.252 e. The zero-order chi connectivity index (χ0) is 18.3. The van der Waals surface area contributed by atoms with Crippen LogP contribution in [0.2, 0.25) is 0 Å². The molecule has 0 aromatic carbocycles. The average molecular weight is 368 g/mol. The molecule has 0 unspecified atom stereocenters. The summed E-state index contributed by atoms with van der Waals surface area (Å²) in [5.74, 6) is 1.63. The van der Waals surface area contributed by atoms with Crippen molar-refractivity contribution in [2.24, 2.45) is 10.2 Å². The minimum absolute atomic E-state index is 0.396. The fourth-order valence-corrected chi connectivity index (χ4v) is 2.83. The highest BCUT2D eigenvalue weighted by molar-refractivity contribution is 7.80. The molecule has 0 amide bonds. The molecule has 0 spiro atoms. The largest absolute Gasteiger partial charge is 0.252 e. The lowest BCUT2D eigenvalue weighted by Gasteiger charge is -2.01. The van der Waals surface area contributed by atoms with Gasteiger partial charge in [-0.3, -0.25) is 0 Å². The number of hydrogen-bond acceptors (Lipinski definition) is 8. The van der Waals surface area contributed by atoms with Crippen LogP contribution in [0.4, 0.5) is 11.5 Å². The molecule has 0 saturated carbocycles. The zero-order valence-corrected chi connectivity index (χ0v) is 15.3. The van der Waals surface area contributed by atoms with Crippen LogP contribution >= 0.6 is 12.6 Å². The van der Waals surface area contributed by atoms with Gasteiger partial charge in [-0.1, -0.05) is 0 Å². The van der Waals surface area contributed by atoms with Crippen LogP contribution in [0.3, 0.4) is 0 Å². The molecule has 4 rings (SSSR count). The lowest BCUT2D eigenvalue weighted by molar-refractivity contribution is 0.676. The van der Waals surface area contributed by atoms with Crippen LogP contribution in [-0.2, 0) is 6.54 Å². The summed E-state index contributed by atoms with van der Waals surface area (Å²) in [6.07, 6.45) is 4.85. The Balaban J connectivity index is 1.82. The first-order chi connectivity index (χ1) is 12.6. The van der Waals surface area contributed by atoms with Crippen molar-refractivity contribution in [3.05, 3.63) is 36.2 Å². The number of aryl methyl sites for hydroxylation is 3. The summed E-state index contributed by atoms with van der Waals surface area (Å²) < 4.78 is 5.11. The van der Waals surface area contributed by atoms with E-state index in [0.717, 1.165) is 17.2 Å². The van der Waals surface area contributed by atoms with E-state index in [-0.39, 0.29) is 0 Å². The van der Waals surface area contributed by atoms with Crippen molar-refractivity contribution >= 4 is 29.8 Å². The topological polar surface area (TPSA) is 103 Å². The monoisotopic (exact) mass is 368 g/mol. The molecule has 0 aliphatic carbocycles. The average Bonchev–Trinajstić information content (AvgIpc) is 3.28. The van der Waals surface area contributed by atoms with E-state index in [1.807, 2.05) is 25.5 Å². The van der Waals surface area contributed by atoms with Gasteiger partial charge in [0, 0.05) is 18.9 Å². The third-order valence-corrected chi connectivity index (χ3v) is 4.15. The standard InChI is InChI=1S/C15H16N10S/c1-4-23-14-12(9(2)21-24(14)10(3)22-23)19-20-13-11(26)8-18-25(13)15-16-6-5-7-17-15/h5-8,26H,4H2,1-3H3. The van der Waals surface area contributed by atoms with E-state index in [1.54, 1.807) is 29.2 Å². The first-order valence-corrected chi connectivity index (χ1v) is 8.43. The number of fused-ring (bicyclic) bond motifs is 1. The van der Waals surface area contributed by atoms with Crippen molar-refractivity contribution in [2.45, 2.75) is 32.2 Å². The maximum absolute atomic E-state index is 4.50. The fourth-order valence-electron chi connectivity index (χ4n) is 2.64. The smallest absolute Gasteiger partial charge is 0.244 e. The Morgan fingerprint density at radius 3 is 2.62 bits per heavy atom. The Labute approximate surface area is 154 Å². The van der Waals surface area contributed by atoms with E-state index < -0.39 is 0 Å². The van der Waals surface area contributed by atoms with Gasteiger partial charge in [0.1, 0.15) is 5.82 Å². The molecular formula is C15H16N10S. The van der Waals surface area contributed by atoms with Crippen molar-refractivity contribution in [3.63, 3.8) is 0 Å². The van der Waals surface area contributed by atoms with Crippen LogP contribution in [0.5, 0.6) is 0 Å². The second-order valence-electron chi connectivity index (χ2n) is 5.55. The van der Waals surface area contributed by atoms with Gasteiger partial charge in [-0.15, -0.1) is 22.9 Å². The summed E-state index contributed by atoms with van der Waals surface area (Å²) in [4.78, 5) is 8.95. The fraction of sp³-hybridized carbons (Fsp3) is 0.267. The molecule has 0 saturated heterocycles. The van der Waals surface area contributed by atoms with Crippen molar-refractivity contribution < 1.29 is 0 Å². The van der Waals surface area contributed by atoms with Gasteiger partial charge in [0.2, 0.25) is 0 Å². The summed E-state index contributed by atoms with van der Waals surface area (Å²) in [5, 5.41) is 22.0. The van der Waals surface area contributed by atoms with Gasteiger partial charge in [-0.05, 0) is 26.8 Å². The predicted octanol–water partition coefficient (Wildman–Crippen LogP) is 2.85. The summed E-state index contributed by atoms with van der Waals surface area (Å²) in [6, 6.07) is 1.73. The second-order valence-corrected chi connectivity index (χ2v) is 6.03. The minimum Gasteiger partial charge on any atom is -0.244 e. The van der Waals surface area contributed by atoms with Crippen LogP contribution in [0, 0.1) is 13.8 Å². The third kappa shape index (κ3) is 2.56. The highest BCUT2D eigenvalue weighted by Crippen LogP contribution is 2.30. The zero-order valence-electron chi connectivity index (χ0n) is 14.4. The highest BCUT2D eigenvalue weighted by atomic mass is 32.1. The van der Waals surface area contributed by atoms with Crippen molar-refractivity contribution in [1.29, 1.82) is 0 Å². The van der Waals surface area contributed by atoms with Crippen LogP contribution < -0.4 is 0 Å². The van der Waals surface area contributed by atoms with Gasteiger partial charge in [0.25, 0.3) is 5.95 Å². The van der Waals surface area contributed by atoms with E-state index in [2.05, 4.69) is 48.1 Å². The molecule has 132 valence electrons. The molecule has 0 aliphatic rings.